The number of likely N-dealkylation sites (tertiary alicyclic amines) is 1. The van der Waals surface area contributed by atoms with E-state index >= 15 is 0 Å². The number of amides is 1. The van der Waals surface area contributed by atoms with Crippen LogP contribution in [0.3, 0.4) is 0 Å². The molecule has 7 heteroatoms. The number of aliphatic carboxylic acids is 1. The van der Waals surface area contributed by atoms with Crippen molar-refractivity contribution < 1.29 is 14.7 Å². The summed E-state index contributed by atoms with van der Waals surface area (Å²) in [4.78, 5) is 28.1. The monoisotopic (exact) mass is 224 g/mol. The smallest absolute Gasteiger partial charge is 0.308 e. The molecule has 1 aromatic rings. The average molecular weight is 224 g/mol. The zero-order valence-electron chi connectivity index (χ0n) is 8.75. The minimum atomic E-state index is -0.861. The molecule has 0 aromatic carbocycles. The van der Waals surface area contributed by atoms with Gasteiger partial charge in [0.2, 0.25) is 5.82 Å². The van der Waals surface area contributed by atoms with Crippen LogP contribution < -0.4 is 0 Å². The van der Waals surface area contributed by atoms with Crippen molar-refractivity contribution in [2.24, 2.45) is 5.92 Å². The Morgan fingerprint density at radius 2 is 2.38 bits per heavy atom. The van der Waals surface area contributed by atoms with Crippen molar-refractivity contribution in [1.29, 1.82) is 0 Å². The van der Waals surface area contributed by atoms with Gasteiger partial charge in [-0.1, -0.05) is 0 Å². The highest BCUT2D eigenvalue weighted by Gasteiger charge is 2.39. The van der Waals surface area contributed by atoms with Crippen LogP contribution in [0.4, 0.5) is 0 Å². The Bertz CT molecular complexity index is 403. The molecule has 1 aliphatic rings. The average Bonchev–Trinajstić information content (AvgIpc) is 2.84. The zero-order chi connectivity index (χ0) is 11.7. The summed E-state index contributed by atoms with van der Waals surface area (Å²) in [6.45, 7) is 2.18. The molecule has 2 rings (SSSR count). The van der Waals surface area contributed by atoms with E-state index in [2.05, 4.69) is 15.2 Å². The van der Waals surface area contributed by atoms with Crippen LogP contribution in [0.2, 0.25) is 0 Å². The van der Waals surface area contributed by atoms with Crippen LogP contribution in [-0.4, -0.2) is 49.7 Å². The second-order valence-corrected chi connectivity index (χ2v) is 3.81. The summed E-state index contributed by atoms with van der Waals surface area (Å²) in [5, 5.41) is 15.0. The fourth-order valence-electron chi connectivity index (χ4n) is 2.00. The molecule has 2 heterocycles. The van der Waals surface area contributed by atoms with Gasteiger partial charge in [-0.05, 0) is 13.3 Å². The van der Waals surface area contributed by atoms with Gasteiger partial charge >= 0.3 is 5.97 Å². The molecule has 2 unspecified atom stereocenters. The first-order chi connectivity index (χ1) is 7.61. The molecule has 1 fully saturated rings. The number of rotatable bonds is 2. The number of carbonyl (C=O) groups is 2. The minimum Gasteiger partial charge on any atom is -0.481 e. The SMILES string of the molecule is CC1C(C(=O)O)CCN1C(=O)c1ncn[nH]1. The number of hydrogen-bond donors (Lipinski definition) is 2. The predicted octanol–water partition coefficient (Wildman–Crippen LogP) is -0.260. The predicted molar refractivity (Wildman–Crippen MR) is 52.6 cm³/mol. The summed E-state index contributed by atoms with van der Waals surface area (Å²) in [6.07, 6.45) is 1.74. The van der Waals surface area contributed by atoms with Crippen LogP contribution >= 0.6 is 0 Å². The molecule has 1 aliphatic heterocycles. The molecular weight excluding hydrogens is 212 g/mol. The standard InChI is InChI=1S/C9H12N4O3/c1-5-6(9(15)16)2-3-13(5)8(14)7-10-4-11-12-7/h4-6H,2-3H2,1H3,(H,15,16)(H,10,11,12). The normalized spacial score (nSPS) is 24.7. The van der Waals surface area contributed by atoms with Crippen molar-refractivity contribution in [3.63, 3.8) is 0 Å². The molecule has 16 heavy (non-hydrogen) atoms. The fourth-order valence-corrected chi connectivity index (χ4v) is 2.00. The number of aromatic amines is 1. The highest BCUT2D eigenvalue weighted by atomic mass is 16.4. The van der Waals surface area contributed by atoms with Crippen molar-refractivity contribution >= 4 is 11.9 Å². The van der Waals surface area contributed by atoms with Gasteiger partial charge < -0.3 is 10.0 Å². The topological polar surface area (TPSA) is 99.2 Å². The Morgan fingerprint density at radius 3 is 2.88 bits per heavy atom. The molecular formula is C9H12N4O3. The Balaban J connectivity index is 2.13. The van der Waals surface area contributed by atoms with Gasteiger partial charge in [-0.25, -0.2) is 4.98 Å². The van der Waals surface area contributed by atoms with Crippen molar-refractivity contribution in [3.05, 3.63) is 12.2 Å². The number of carbonyl (C=O) groups excluding carboxylic acids is 1. The van der Waals surface area contributed by atoms with Crippen LogP contribution in [0, 0.1) is 5.92 Å². The van der Waals surface area contributed by atoms with E-state index in [1.807, 2.05) is 0 Å². The number of H-pyrrole nitrogens is 1. The van der Waals surface area contributed by atoms with E-state index in [4.69, 9.17) is 5.11 Å². The minimum absolute atomic E-state index is 0.151. The van der Waals surface area contributed by atoms with Gasteiger partial charge in [-0.3, -0.25) is 14.7 Å². The molecule has 2 N–H and O–H groups in total. The molecule has 0 saturated carbocycles. The third kappa shape index (κ3) is 1.64. The van der Waals surface area contributed by atoms with Crippen LogP contribution in [0.15, 0.2) is 6.33 Å². The molecule has 2 atom stereocenters. The lowest BCUT2D eigenvalue weighted by Crippen LogP contribution is -2.38. The van der Waals surface area contributed by atoms with Crippen molar-refractivity contribution in [2.75, 3.05) is 6.54 Å². The van der Waals surface area contributed by atoms with E-state index in [0.717, 1.165) is 0 Å². The van der Waals surface area contributed by atoms with Gasteiger partial charge in [0.25, 0.3) is 5.91 Å². The van der Waals surface area contributed by atoms with E-state index in [0.29, 0.717) is 13.0 Å². The second-order valence-electron chi connectivity index (χ2n) is 3.81. The number of aromatic nitrogens is 3. The third-order valence-corrected chi connectivity index (χ3v) is 2.95. The molecule has 7 nitrogen and oxygen atoms in total. The van der Waals surface area contributed by atoms with Gasteiger partial charge in [-0.2, -0.15) is 5.10 Å². The number of nitrogens with zero attached hydrogens (tertiary/aromatic N) is 3. The molecule has 1 saturated heterocycles. The molecule has 0 radical (unpaired) electrons. The summed E-state index contributed by atoms with van der Waals surface area (Å²) in [7, 11) is 0. The van der Waals surface area contributed by atoms with Gasteiger partial charge in [0, 0.05) is 12.6 Å². The fraction of sp³-hybridized carbons (Fsp3) is 0.556. The molecule has 1 aromatic heterocycles. The first-order valence-corrected chi connectivity index (χ1v) is 5.00. The maximum absolute atomic E-state index is 11.9. The zero-order valence-corrected chi connectivity index (χ0v) is 8.75. The Morgan fingerprint density at radius 1 is 1.62 bits per heavy atom. The van der Waals surface area contributed by atoms with Gasteiger partial charge in [0.1, 0.15) is 6.33 Å². The Labute approximate surface area is 91.5 Å². The Hall–Kier alpha value is -1.92. The highest BCUT2D eigenvalue weighted by Crippen LogP contribution is 2.25. The summed E-state index contributed by atoms with van der Waals surface area (Å²) >= 11 is 0. The highest BCUT2D eigenvalue weighted by molar-refractivity contribution is 5.91. The largest absolute Gasteiger partial charge is 0.481 e. The van der Waals surface area contributed by atoms with E-state index in [9.17, 15) is 9.59 Å². The third-order valence-electron chi connectivity index (χ3n) is 2.95. The van der Waals surface area contributed by atoms with Crippen LogP contribution in [0.25, 0.3) is 0 Å². The summed E-state index contributed by atoms with van der Waals surface area (Å²) in [5.74, 6) is -1.50. The summed E-state index contributed by atoms with van der Waals surface area (Å²) in [6, 6.07) is -0.310. The number of carboxylic acids is 1. The van der Waals surface area contributed by atoms with Crippen molar-refractivity contribution in [3.8, 4) is 0 Å². The van der Waals surface area contributed by atoms with Crippen LogP contribution in [-0.2, 0) is 4.79 Å². The van der Waals surface area contributed by atoms with E-state index in [-0.39, 0.29) is 17.8 Å². The van der Waals surface area contributed by atoms with Crippen molar-refractivity contribution in [2.45, 2.75) is 19.4 Å². The second kappa shape index (κ2) is 3.92. The van der Waals surface area contributed by atoms with Gasteiger partial charge in [0.05, 0.1) is 5.92 Å². The van der Waals surface area contributed by atoms with Gasteiger partial charge in [0.15, 0.2) is 0 Å². The first-order valence-electron chi connectivity index (χ1n) is 5.00. The molecule has 0 aliphatic carbocycles. The first kappa shape index (κ1) is 10.6. The van der Waals surface area contributed by atoms with E-state index in [1.165, 1.54) is 11.2 Å². The van der Waals surface area contributed by atoms with E-state index in [1.54, 1.807) is 6.92 Å². The maximum atomic E-state index is 11.9. The summed E-state index contributed by atoms with van der Waals surface area (Å²) in [5.41, 5.74) is 0. The maximum Gasteiger partial charge on any atom is 0.308 e. The molecule has 86 valence electrons. The number of nitrogens with one attached hydrogen (secondary N) is 1. The molecule has 1 amide bonds. The van der Waals surface area contributed by atoms with E-state index < -0.39 is 11.9 Å². The Kier molecular flexibility index (Phi) is 2.59. The van der Waals surface area contributed by atoms with Crippen LogP contribution in [0.5, 0.6) is 0 Å². The molecule has 0 spiro atoms. The van der Waals surface area contributed by atoms with Crippen molar-refractivity contribution in [1.82, 2.24) is 20.1 Å². The summed E-state index contributed by atoms with van der Waals surface area (Å²) < 4.78 is 0. The van der Waals surface area contributed by atoms with Crippen LogP contribution in [0.1, 0.15) is 24.0 Å². The lowest BCUT2D eigenvalue weighted by atomic mass is 10.0. The lowest BCUT2D eigenvalue weighted by Gasteiger charge is -2.21. The lowest BCUT2D eigenvalue weighted by molar-refractivity contribution is -0.142. The quantitative estimate of drug-likeness (QED) is 0.721. The number of carboxylic acid groups (broad SMARTS) is 1. The van der Waals surface area contributed by atoms with Gasteiger partial charge in [-0.15, -0.1) is 0 Å². The number of hydrogen-bond acceptors (Lipinski definition) is 4. The molecule has 0 bridgehead atoms.